The molecule has 2 aromatic carbocycles. The summed E-state index contributed by atoms with van der Waals surface area (Å²) in [7, 11) is 0. The molecule has 0 N–H and O–H groups in total. The summed E-state index contributed by atoms with van der Waals surface area (Å²) in [6.07, 6.45) is 10.4. The van der Waals surface area contributed by atoms with E-state index in [4.69, 9.17) is 0 Å². The van der Waals surface area contributed by atoms with Crippen molar-refractivity contribution >= 4 is 11.9 Å². The minimum absolute atomic E-state index is 0.0521. The van der Waals surface area contributed by atoms with Crippen LogP contribution >= 0.6 is 0 Å². The first-order valence-electron chi connectivity index (χ1n) is 10.2. The Bertz CT molecular complexity index is 877. The molecule has 2 aliphatic carbocycles. The molecule has 27 heavy (non-hydrogen) atoms. The van der Waals surface area contributed by atoms with Gasteiger partial charge in [0.1, 0.15) is 5.78 Å². The van der Waals surface area contributed by atoms with Gasteiger partial charge in [0.05, 0.1) is 0 Å². The lowest BCUT2D eigenvalue weighted by molar-refractivity contribution is -0.131. The summed E-state index contributed by atoms with van der Waals surface area (Å²) in [5.74, 6) is 0.691. The molecule has 2 aromatic rings. The summed E-state index contributed by atoms with van der Waals surface area (Å²) in [6.45, 7) is 4.46. The zero-order valence-corrected chi connectivity index (χ0v) is 16.3. The molecular weight excluding hydrogens is 328 g/mol. The van der Waals surface area contributed by atoms with Crippen LogP contribution in [0.15, 0.2) is 78.4 Å². The van der Waals surface area contributed by atoms with E-state index in [0.717, 1.165) is 19.3 Å². The van der Waals surface area contributed by atoms with Gasteiger partial charge < -0.3 is 0 Å². The molecule has 0 saturated heterocycles. The zero-order chi connectivity index (χ0) is 18.9. The Morgan fingerprint density at radius 3 is 2.22 bits per heavy atom. The third-order valence-electron chi connectivity index (χ3n) is 6.97. The van der Waals surface area contributed by atoms with E-state index < -0.39 is 0 Å². The van der Waals surface area contributed by atoms with E-state index in [-0.39, 0.29) is 16.7 Å². The van der Waals surface area contributed by atoms with Gasteiger partial charge in [0.2, 0.25) is 0 Å². The maximum atomic E-state index is 13.2. The fourth-order valence-electron chi connectivity index (χ4n) is 5.33. The van der Waals surface area contributed by atoms with Gasteiger partial charge in [-0.15, -0.1) is 0 Å². The number of Topliss-reactive ketones (excluding diaryl/α,β-unsaturated/α-hetero) is 1. The van der Waals surface area contributed by atoms with E-state index in [2.05, 4.69) is 86.7 Å². The van der Waals surface area contributed by atoms with E-state index >= 15 is 0 Å². The van der Waals surface area contributed by atoms with Crippen LogP contribution in [-0.4, -0.2) is 5.78 Å². The quantitative estimate of drug-likeness (QED) is 0.591. The molecule has 1 heteroatoms. The normalized spacial score (nSPS) is 29.9. The summed E-state index contributed by atoms with van der Waals surface area (Å²) < 4.78 is 0. The molecule has 1 saturated carbocycles. The Morgan fingerprint density at radius 2 is 1.59 bits per heavy atom. The first-order valence-corrected chi connectivity index (χ1v) is 10.2. The number of benzene rings is 2. The van der Waals surface area contributed by atoms with Crippen molar-refractivity contribution in [1.82, 2.24) is 0 Å². The number of hydrogen-bond acceptors (Lipinski definition) is 1. The highest BCUT2D eigenvalue weighted by Gasteiger charge is 2.58. The number of fused-ring (bicyclic) bond motifs is 2. The van der Waals surface area contributed by atoms with Crippen LogP contribution in [0.3, 0.4) is 0 Å². The van der Waals surface area contributed by atoms with E-state index in [1.807, 2.05) is 6.07 Å². The molecule has 0 aromatic heterocycles. The van der Waals surface area contributed by atoms with Crippen molar-refractivity contribution in [3.05, 3.63) is 89.5 Å². The highest BCUT2D eigenvalue weighted by atomic mass is 16.1. The number of ketones is 1. The number of allylic oxidation sites excluding steroid dienone is 3. The lowest BCUT2D eigenvalue weighted by Crippen LogP contribution is -2.41. The van der Waals surface area contributed by atoms with E-state index in [9.17, 15) is 4.79 Å². The van der Waals surface area contributed by atoms with Crippen molar-refractivity contribution < 1.29 is 4.79 Å². The third-order valence-corrected chi connectivity index (χ3v) is 6.97. The Hall–Kier alpha value is -2.41. The van der Waals surface area contributed by atoms with E-state index in [1.165, 1.54) is 16.7 Å². The molecule has 0 aliphatic heterocycles. The van der Waals surface area contributed by atoms with Gasteiger partial charge >= 0.3 is 0 Å². The van der Waals surface area contributed by atoms with Crippen LogP contribution in [0.2, 0.25) is 0 Å². The molecule has 1 nitrogen and oxygen atoms in total. The Balaban J connectivity index is 1.80. The number of carbonyl (C=O) groups is 1. The van der Waals surface area contributed by atoms with Gasteiger partial charge in [0.15, 0.2) is 0 Å². The predicted molar refractivity (Wildman–Crippen MR) is 112 cm³/mol. The molecule has 0 spiro atoms. The van der Waals surface area contributed by atoms with Gasteiger partial charge in [-0.05, 0) is 36.0 Å². The molecule has 2 bridgehead atoms. The van der Waals surface area contributed by atoms with Gasteiger partial charge in [-0.25, -0.2) is 0 Å². The Morgan fingerprint density at radius 1 is 0.926 bits per heavy atom. The van der Waals surface area contributed by atoms with Crippen molar-refractivity contribution in [3.8, 4) is 0 Å². The predicted octanol–water partition coefficient (Wildman–Crippen LogP) is 6.58. The summed E-state index contributed by atoms with van der Waals surface area (Å²) >= 11 is 0. The standard InChI is InChI=1S/C26H28O/c1-3-25-18-22(16-15-20-11-7-5-8-12-20)26(4-2,19-25)23(17-24(25)27)21-13-9-6-10-14-21/h5-16,18,23H,3-4,17,19H2,1-2H3/t23-,25+,26-/m0/s1. The van der Waals surface area contributed by atoms with Gasteiger partial charge in [0.25, 0.3) is 0 Å². The highest BCUT2D eigenvalue weighted by molar-refractivity contribution is 5.91. The van der Waals surface area contributed by atoms with Crippen LogP contribution in [0.5, 0.6) is 0 Å². The molecule has 3 atom stereocenters. The monoisotopic (exact) mass is 356 g/mol. The molecule has 138 valence electrons. The van der Waals surface area contributed by atoms with Gasteiger partial charge in [0, 0.05) is 23.2 Å². The molecule has 0 heterocycles. The average Bonchev–Trinajstić information content (AvgIpc) is 3.03. The molecule has 1 fully saturated rings. The molecule has 0 amide bonds. The molecule has 4 rings (SSSR count). The SMILES string of the molecule is CC[C@@]12C=C(C=Cc3ccccc3)[C@](CC)(C1)[C@H](c1ccccc1)CC2=O. The molecule has 0 unspecified atom stereocenters. The van der Waals surface area contributed by atoms with Crippen molar-refractivity contribution in [2.24, 2.45) is 10.8 Å². The van der Waals surface area contributed by atoms with Crippen LogP contribution in [0.4, 0.5) is 0 Å². The summed E-state index contributed by atoms with van der Waals surface area (Å²) in [5.41, 5.74) is 3.65. The second-order valence-corrected chi connectivity index (χ2v) is 8.13. The second-order valence-electron chi connectivity index (χ2n) is 8.13. The summed E-state index contributed by atoms with van der Waals surface area (Å²) in [4.78, 5) is 13.2. The van der Waals surface area contributed by atoms with Crippen LogP contribution in [0, 0.1) is 10.8 Å². The third kappa shape index (κ3) is 2.90. The van der Waals surface area contributed by atoms with Gasteiger partial charge in [-0.2, -0.15) is 0 Å². The first kappa shape index (κ1) is 18.0. The van der Waals surface area contributed by atoms with Crippen molar-refractivity contribution in [1.29, 1.82) is 0 Å². The number of hydrogen-bond donors (Lipinski definition) is 0. The fourth-order valence-corrected chi connectivity index (χ4v) is 5.33. The van der Waals surface area contributed by atoms with Gasteiger partial charge in [-0.3, -0.25) is 4.79 Å². The van der Waals surface area contributed by atoms with E-state index in [0.29, 0.717) is 12.2 Å². The minimum Gasteiger partial charge on any atom is -0.299 e. The van der Waals surface area contributed by atoms with Crippen molar-refractivity contribution in [2.45, 2.75) is 45.4 Å². The number of rotatable bonds is 5. The minimum atomic E-state index is -0.266. The van der Waals surface area contributed by atoms with Crippen LogP contribution in [0.25, 0.3) is 6.08 Å². The average molecular weight is 357 g/mol. The van der Waals surface area contributed by atoms with Crippen LogP contribution in [-0.2, 0) is 4.79 Å². The van der Waals surface area contributed by atoms with E-state index in [1.54, 1.807) is 0 Å². The summed E-state index contributed by atoms with van der Waals surface area (Å²) in [6, 6.07) is 21.1. The first-order chi connectivity index (χ1) is 13.1. The maximum absolute atomic E-state index is 13.2. The largest absolute Gasteiger partial charge is 0.299 e. The Labute approximate surface area is 162 Å². The molecule has 2 aliphatic rings. The molecular formula is C26H28O. The lowest BCUT2D eigenvalue weighted by atomic mass is 9.56. The van der Waals surface area contributed by atoms with Crippen LogP contribution in [0.1, 0.15) is 56.6 Å². The second kappa shape index (κ2) is 6.96. The van der Waals surface area contributed by atoms with Crippen molar-refractivity contribution in [3.63, 3.8) is 0 Å². The smallest absolute Gasteiger partial charge is 0.143 e. The Kier molecular flexibility index (Phi) is 4.63. The topological polar surface area (TPSA) is 17.1 Å². The maximum Gasteiger partial charge on any atom is 0.143 e. The van der Waals surface area contributed by atoms with Crippen molar-refractivity contribution in [2.75, 3.05) is 0 Å². The molecule has 0 radical (unpaired) electrons. The lowest BCUT2D eigenvalue weighted by Gasteiger charge is -2.46. The highest BCUT2D eigenvalue weighted by Crippen LogP contribution is 2.64. The summed E-state index contributed by atoms with van der Waals surface area (Å²) in [5, 5.41) is 0. The van der Waals surface area contributed by atoms with Crippen LogP contribution < -0.4 is 0 Å². The number of carbonyl (C=O) groups excluding carboxylic acids is 1. The fraction of sp³-hybridized carbons (Fsp3) is 0.346. The zero-order valence-electron chi connectivity index (χ0n) is 16.3. The van der Waals surface area contributed by atoms with Gasteiger partial charge in [-0.1, -0.05) is 92.7 Å².